The van der Waals surface area contributed by atoms with Crippen molar-refractivity contribution in [3.05, 3.63) is 181 Å². The lowest BCUT2D eigenvalue weighted by Crippen LogP contribution is -2.12. The van der Waals surface area contributed by atoms with E-state index in [1.807, 2.05) is 18.2 Å². The van der Waals surface area contributed by atoms with Crippen molar-refractivity contribution in [2.45, 2.75) is 12.3 Å². The molecule has 1 atom stereocenters. The number of fused-ring (bicyclic) bond motifs is 5. The molecule has 0 amide bonds. The van der Waals surface area contributed by atoms with Crippen LogP contribution in [0.2, 0.25) is 0 Å². The summed E-state index contributed by atoms with van der Waals surface area (Å²) in [5, 5.41) is 4.37. The Morgan fingerprint density at radius 1 is 0.510 bits per heavy atom. The van der Waals surface area contributed by atoms with Crippen LogP contribution in [0.5, 0.6) is 0 Å². The van der Waals surface area contributed by atoms with Crippen LogP contribution >= 0.6 is 0 Å². The van der Waals surface area contributed by atoms with Gasteiger partial charge in [-0.1, -0.05) is 158 Å². The van der Waals surface area contributed by atoms with Crippen LogP contribution in [0.1, 0.15) is 22.9 Å². The molecule has 9 aromatic rings. The summed E-state index contributed by atoms with van der Waals surface area (Å²) in [4.78, 5) is 15.6. The van der Waals surface area contributed by atoms with Gasteiger partial charge in [-0.15, -0.1) is 0 Å². The molecule has 0 saturated carbocycles. The first-order valence-electron chi connectivity index (χ1n) is 17.4. The molecular formula is C47H31N3O. The summed E-state index contributed by atoms with van der Waals surface area (Å²) in [5.41, 5.74) is 10.6. The Balaban J connectivity index is 1.13. The third-order valence-corrected chi connectivity index (χ3v) is 10.1. The fourth-order valence-electron chi connectivity index (χ4n) is 7.46. The van der Waals surface area contributed by atoms with Crippen LogP contribution in [-0.4, -0.2) is 15.0 Å². The summed E-state index contributed by atoms with van der Waals surface area (Å²) < 4.78 is 6.68. The number of rotatable bonds is 5. The lowest BCUT2D eigenvalue weighted by atomic mass is 9.89. The number of nitrogens with zero attached hydrogens (tertiary/aromatic N) is 3. The van der Waals surface area contributed by atoms with E-state index in [4.69, 9.17) is 19.4 Å². The van der Waals surface area contributed by atoms with Gasteiger partial charge < -0.3 is 4.42 Å². The van der Waals surface area contributed by atoms with Crippen molar-refractivity contribution < 1.29 is 4.42 Å². The van der Waals surface area contributed by atoms with Crippen LogP contribution in [0.4, 0.5) is 0 Å². The van der Waals surface area contributed by atoms with Crippen molar-refractivity contribution in [2.24, 2.45) is 0 Å². The third kappa shape index (κ3) is 5.20. The molecule has 0 N–H and O–H groups in total. The maximum Gasteiger partial charge on any atom is 0.164 e. The molecule has 240 valence electrons. The molecule has 4 heteroatoms. The highest BCUT2D eigenvalue weighted by Crippen LogP contribution is 2.41. The highest BCUT2D eigenvalue weighted by molar-refractivity contribution is 6.15. The van der Waals surface area contributed by atoms with E-state index in [9.17, 15) is 0 Å². The fourth-order valence-corrected chi connectivity index (χ4v) is 7.46. The van der Waals surface area contributed by atoms with Gasteiger partial charge in [-0.2, -0.15) is 0 Å². The Bertz CT molecular complexity index is 2780. The van der Waals surface area contributed by atoms with Crippen molar-refractivity contribution >= 4 is 38.8 Å². The maximum absolute atomic E-state index is 6.68. The molecule has 7 aromatic carbocycles. The molecule has 51 heavy (non-hydrogen) atoms. The zero-order valence-electron chi connectivity index (χ0n) is 27.7. The predicted molar refractivity (Wildman–Crippen MR) is 208 cm³/mol. The molecule has 0 bridgehead atoms. The van der Waals surface area contributed by atoms with Crippen LogP contribution in [0, 0.1) is 0 Å². The fraction of sp³-hybridized carbons (Fsp3) is 0.0426. The van der Waals surface area contributed by atoms with Crippen LogP contribution < -0.4 is 0 Å². The molecule has 1 unspecified atom stereocenters. The molecule has 0 aliphatic heterocycles. The number of allylic oxidation sites excluding steroid dienone is 1. The molecule has 0 spiro atoms. The molecule has 2 heterocycles. The molecule has 0 radical (unpaired) electrons. The Morgan fingerprint density at radius 2 is 1.22 bits per heavy atom. The minimum atomic E-state index is 0.0200. The van der Waals surface area contributed by atoms with Gasteiger partial charge in [-0.25, -0.2) is 15.0 Å². The number of hydrogen-bond donors (Lipinski definition) is 0. The first kappa shape index (κ1) is 29.3. The van der Waals surface area contributed by atoms with Gasteiger partial charge in [0.05, 0.1) is 0 Å². The third-order valence-electron chi connectivity index (χ3n) is 10.1. The standard InChI is InChI=1S/C47H31N3O/c1-2-10-30(11-3-1)33-20-24-34(25-21-33)39-16-8-17-40-43-41(18-9-19-42(43)51-44(39)40)47-49-45(37-26-22-31-12-4-6-14-35(31)28-37)48-46(50-47)38-27-23-32-13-5-7-15-36(32)29-38/h1-28,38H,29H2. The van der Waals surface area contributed by atoms with Crippen molar-refractivity contribution in [1.82, 2.24) is 15.0 Å². The summed E-state index contributed by atoms with van der Waals surface area (Å²) >= 11 is 0. The van der Waals surface area contributed by atoms with Gasteiger partial charge in [0.1, 0.15) is 17.0 Å². The van der Waals surface area contributed by atoms with E-state index in [1.165, 1.54) is 27.6 Å². The predicted octanol–water partition coefficient (Wildman–Crippen LogP) is 11.9. The summed E-state index contributed by atoms with van der Waals surface area (Å²) in [6.07, 6.45) is 5.26. The van der Waals surface area contributed by atoms with Gasteiger partial charge in [-0.3, -0.25) is 0 Å². The van der Waals surface area contributed by atoms with E-state index in [0.29, 0.717) is 11.6 Å². The number of hydrogen-bond acceptors (Lipinski definition) is 4. The summed E-state index contributed by atoms with van der Waals surface area (Å²) in [6, 6.07) is 55.1. The summed E-state index contributed by atoms with van der Waals surface area (Å²) in [5.74, 6) is 2.09. The van der Waals surface area contributed by atoms with Crippen LogP contribution in [0.3, 0.4) is 0 Å². The van der Waals surface area contributed by atoms with E-state index >= 15 is 0 Å². The van der Waals surface area contributed by atoms with Gasteiger partial charge in [0.2, 0.25) is 0 Å². The molecule has 2 aromatic heterocycles. The topological polar surface area (TPSA) is 51.8 Å². The molecule has 0 saturated heterocycles. The van der Waals surface area contributed by atoms with E-state index in [0.717, 1.165) is 61.8 Å². The van der Waals surface area contributed by atoms with Crippen molar-refractivity contribution in [2.75, 3.05) is 0 Å². The normalized spacial score (nSPS) is 13.9. The zero-order chi connectivity index (χ0) is 33.7. The average molecular weight is 654 g/mol. The van der Waals surface area contributed by atoms with E-state index in [-0.39, 0.29) is 5.92 Å². The van der Waals surface area contributed by atoms with Crippen molar-refractivity contribution in [1.29, 1.82) is 0 Å². The molecule has 10 rings (SSSR count). The number of para-hydroxylation sites is 1. The Kier molecular flexibility index (Phi) is 6.91. The maximum atomic E-state index is 6.68. The van der Waals surface area contributed by atoms with Gasteiger partial charge >= 0.3 is 0 Å². The van der Waals surface area contributed by atoms with E-state index in [2.05, 4.69) is 152 Å². The molecule has 1 aliphatic rings. The SMILES string of the molecule is C1=CC(c2nc(-c3ccc4ccccc4c3)nc(-c3cccc4oc5c(-c6ccc(-c7ccccc7)cc6)cccc5c34)n2)Cc2ccccc21. The second kappa shape index (κ2) is 12.0. The molecule has 0 fully saturated rings. The Labute approximate surface area is 295 Å². The van der Waals surface area contributed by atoms with E-state index in [1.54, 1.807) is 0 Å². The number of benzene rings is 7. The zero-order valence-corrected chi connectivity index (χ0v) is 27.7. The monoisotopic (exact) mass is 653 g/mol. The van der Waals surface area contributed by atoms with Gasteiger partial charge in [-0.05, 0) is 57.1 Å². The van der Waals surface area contributed by atoms with Crippen molar-refractivity contribution in [3.8, 4) is 45.0 Å². The smallest absolute Gasteiger partial charge is 0.164 e. The molecular weight excluding hydrogens is 623 g/mol. The first-order valence-corrected chi connectivity index (χ1v) is 17.4. The van der Waals surface area contributed by atoms with Gasteiger partial charge in [0, 0.05) is 33.4 Å². The van der Waals surface area contributed by atoms with Crippen LogP contribution in [0.15, 0.2) is 168 Å². The molecule has 4 nitrogen and oxygen atoms in total. The Morgan fingerprint density at radius 3 is 2.12 bits per heavy atom. The van der Waals surface area contributed by atoms with Crippen molar-refractivity contribution in [3.63, 3.8) is 0 Å². The largest absolute Gasteiger partial charge is 0.455 e. The highest BCUT2D eigenvalue weighted by Gasteiger charge is 2.23. The first-order chi connectivity index (χ1) is 25.2. The quantitative estimate of drug-likeness (QED) is 0.185. The van der Waals surface area contributed by atoms with Gasteiger partial charge in [0.25, 0.3) is 0 Å². The highest BCUT2D eigenvalue weighted by atomic mass is 16.3. The van der Waals surface area contributed by atoms with Crippen LogP contribution in [0.25, 0.3) is 83.8 Å². The minimum Gasteiger partial charge on any atom is -0.455 e. The number of furan rings is 1. The number of aromatic nitrogens is 3. The van der Waals surface area contributed by atoms with Gasteiger partial charge in [0.15, 0.2) is 11.6 Å². The van der Waals surface area contributed by atoms with E-state index < -0.39 is 0 Å². The Hall–Kier alpha value is -6.65. The lowest BCUT2D eigenvalue weighted by molar-refractivity contribution is 0.670. The second-order valence-corrected chi connectivity index (χ2v) is 13.2. The average Bonchev–Trinajstić information content (AvgIpc) is 3.60. The van der Waals surface area contributed by atoms with Crippen LogP contribution in [-0.2, 0) is 6.42 Å². The molecule has 1 aliphatic carbocycles. The summed E-state index contributed by atoms with van der Waals surface area (Å²) in [6.45, 7) is 0. The minimum absolute atomic E-state index is 0.0200. The summed E-state index contributed by atoms with van der Waals surface area (Å²) in [7, 11) is 0. The lowest BCUT2D eigenvalue weighted by Gasteiger charge is -2.19. The second-order valence-electron chi connectivity index (χ2n) is 13.2.